The monoisotopic (exact) mass is 217 g/mol. The standard InChI is InChI=1S/C5H9F2NO4S/c6-5(7)13(11,12)8-3-1-2-4(9)10/h5,8H,1-3H2,(H,9,10). The number of sulfonamides is 1. The molecule has 2 N–H and O–H groups in total. The van der Waals surface area contributed by atoms with Gasteiger partial charge in [0.05, 0.1) is 0 Å². The van der Waals surface area contributed by atoms with E-state index in [1.54, 1.807) is 4.72 Å². The van der Waals surface area contributed by atoms with Gasteiger partial charge < -0.3 is 5.11 Å². The molecule has 0 unspecified atom stereocenters. The van der Waals surface area contributed by atoms with Crippen molar-refractivity contribution in [3.05, 3.63) is 0 Å². The first-order valence-electron chi connectivity index (χ1n) is 3.34. The van der Waals surface area contributed by atoms with E-state index in [0.29, 0.717) is 0 Å². The van der Waals surface area contributed by atoms with Gasteiger partial charge in [0.15, 0.2) is 0 Å². The molecule has 0 bridgehead atoms. The summed E-state index contributed by atoms with van der Waals surface area (Å²) in [5, 5.41) is 8.13. The Bertz CT molecular complexity index is 264. The number of carboxylic acid groups (broad SMARTS) is 1. The molecule has 0 aliphatic carbocycles. The lowest BCUT2D eigenvalue weighted by atomic mass is 10.3. The molecule has 0 fully saturated rings. The number of carboxylic acids is 1. The minimum Gasteiger partial charge on any atom is -0.481 e. The number of nitrogens with one attached hydrogen (secondary N) is 1. The van der Waals surface area contributed by atoms with Crippen molar-refractivity contribution in [2.75, 3.05) is 6.54 Å². The van der Waals surface area contributed by atoms with Crippen LogP contribution in [0.15, 0.2) is 0 Å². The topological polar surface area (TPSA) is 83.5 Å². The van der Waals surface area contributed by atoms with E-state index in [9.17, 15) is 22.0 Å². The highest BCUT2D eigenvalue weighted by Gasteiger charge is 2.22. The van der Waals surface area contributed by atoms with Crippen LogP contribution >= 0.6 is 0 Å². The molecule has 0 amide bonds. The number of carbonyl (C=O) groups is 1. The van der Waals surface area contributed by atoms with Crippen LogP contribution in [0.2, 0.25) is 0 Å². The second-order valence-electron chi connectivity index (χ2n) is 2.20. The first-order valence-corrected chi connectivity index (χ1v) is 4.89. The number of alkyl halides is 2. The fourth-order valence-electron chi connectivity index (χ4n) is 0.517. The van der Waals surface area contributed by atoms with Crippen molar-refractivity contribution >= 4 is 16.0 Å². The summed E-state index contributed by atoms with van der Waals surface area (Å²) < 4.78 is 45.6. The van der Waals surface area contributed by atoms with E-state index in [1.165, 1.54) is 0 Å². The average molecular weight is 217 g/mol. The van der Waals surface area contributed by atoms with Gasteiger partial charge in [-0.3, -0.25) is 4.79 Å². The Hall–Kier alpha value is -0.760. The molecule has 0 radical (unpaired) electrons. The second-order valence-corrected chi connectivity index (χ2v) is 3.93. The lowest BCUT2D eigenvalue weighted by Gasteiger charge is -2.03. The van der Waals surface area contributed by atoms with Crippen LogP contribution in [-0.2, 0) is 14.8 Å². The molecule has 0 spiro atoms. The molecule has 78 valence electrons. The number of hydrogen-bond donors (Lipinski definition) is 2. The average Bonchev–Trinajstić information content (AvgIpc) is 1.97. The van der Waals surface area contributed by atoms with E-state index in [-0.39, 0.29) is 19.4 Å². The summed E-state index contributed by atoms with van der Waals surface area (Å²) >= 11 is 0. The fourth-order valence-corrected chi connectivity index (χ4v) is 1.07. The Labute approximate surface area is 73.8 Å². The van der Waals surface area contributed by atoms with E-state index >= 15 is 0 Å². The Morgan fingerprint density at radius 2 is 2.00 bits per heavy atom. The van der Waals surface area contributed by atoms with Crippen molar-refractivity contribution in [3.63, 3.8) is 0 Å². The first-order chi connectivity index (χ1) is 5.86. The predicted molar refractivity (Wildman–Crippen MR) is 39.8 cm³/mol. The van der Waals surface area contributed by atoms with Gasteiger partial charge in [0.2, 0.25) is 0 Å². The molecule has 0 heterocycles. The second kappa shape index (κ2) is 5.07. The number of aliphatic carboxylic acids is 1. The zero-order valence-corrected chi connectivity index (χ0v) is 7.35. The Morgan fingerprint density at radius 1 is 1.46 bits per heavy atom. The Kier molecular flexibility index (Phi) is 4.78. The van der Waals surface area contributed by atoms with Gasteiger partial charge in [-0.25, -0.2) is 13.1 Å². The summed E-state index contributed by atoms with van der Waals surface area (Å²) in [4.78, 5) is 9.93. The zero-order chi connectivity index (χ0) is 10.5. The van der Waals surface area contributed by atoms with E-state index in [0.717, 1.165) is 0 Å². The lowest BCUT2D eigenvalue weighted by molar-refractivity contribution is -0.137. The SMILES string of the molecule is O=C(O)CCCNS(=O)(=O)C(F)F. The van der Waals surface area contributed by atoms with Crippen molar-refractivity contribution in [3.8, 4) is 0 Å². The van der Waals surface area contributed by atoms with E-state index in [2.05, 4.69) is 0 Å². The first kappa shape index (κ1) is 12.2. The summed E-state index contributed by atoms with van der Waals surface area (Å²) in [5.41, 5.74) is 0. The third-order valence-corrected chi connectivity index (χ3v) is 2.18. The molecule has 13 heavy (non-hydrogen) atoms. The highest BCUT2D eigenvalue weighted by atomic mass is 32.2. The van der Waals surface area contributed by atoms with Crippen molar-refractivity contribution in [1.29, 1.82) is 0 Å². The zero-order valence-electron chi connectivity index (χ0n) is 6.53. The third kappa shape index (κ3) is 5.47. The molecule has 0 rings (SSSR count). The van der Waals surface area contributed by atoms with Crippen LogP contribution < -0.4 is 4.72 Å². The van der Waals surface area contributed by atoms with E-state index in [1.807, 2.05) is 0 Å². The van der Waals surface area contributed by atoms with E-state index in [4.69, 9.17) is 5.11 Å². The van der Waals surface area contributed by atoms with Crippen LogP contribution in [0.5, 0.6) is 0 Å². The fraction of sp³-hybridized carbons (Fsp3) is 0.800. The smallest absolute Gasteiger partial charge is 0.350 e. The molecule has 0 atom stereocenters. The van der Waals surface area contributed by atoms with Gasteiger partial charge in [0.25, 0.3) is 10.0 Å². The van der Waals surface area contributed by atoms with Crippen LogP contribution in [0.3, 0.4) is 0 Å². The maximum absolute atomic E-state index is 11.6. The van der Waals surface area contributed by atoms with Gasteiger partial charge in [-0.1, -0.05) is 0 Å². The molecular formula is C5H9F2NO4S. The quantitative estimate of drug-likeness (QED) is 0.613. The van der Waals surface area contributed by atoms with E-state index < -0.39 is 21.8 Å². The molecule has 0 aliphatic rings. The normalized spacial score (nSPS) is 11.9. The van der Waals surface area contributed by atoms with Crippen molar-refractivity contribution in [2.24, 2.45) is 0 Å². The molecule has 0 saturated carbocycles. The maximum Gasteiger partial charge on any atom is 0.350 e. The van der Waals surface area contributed by atoms with Gasteiger partial charge in [0, 0.05) is 13.0 Å². The Balaban J connectivity index is 3.72. The maximum atomic E-state index is 11.6. The number of halogens is 2. The van der Waals surface area contributed by atoms with Crippen molar-refractivity contribution in [1.82, 2.24) is 4.72 Å². The highest BCUT2D eigenvalue weighted by Crippen LogP contribution is 2.01. The van der Waals surface area contributed by atoms with Gasteiger partial charge in [-0.15, -0.1) is 0 Å². The van der Waals surface area contributed by atoms with Crippen LogP contribution in [-0.4, -0.2) is 31.8 Å². The Morgan fingerprint density at radius 3 is 2.38 bits per heavy atom. The molecule has 5 nitrogen and oxygen atoms in total. The molecule has 0 aromatic rings. The van der Waals surface area contributed by atoms with Crippen LogP contribution in [0.4, 0.5) is 8.78 Å². The minimum atomic E-state index is -4.57. The van der Waals surface area contributed by atoms with Gasteiger partial charge >= 0.3 is 11.7 Å². The van der Waals surface area contributed by atoms with Crippen LogP contribution in [0, 0.1) is 0 Å². The summed E-state index contributed by atoms with van der Waals surface area (Å²) in [6.45, 7) is -0.293. The molecular weight excluding hydrogens is 208 g/mol. The van der Waals surface area contributed by atoms with Gasteiger partial charge in [-0.05, 0) is 6.42 Å². The lowest BCUT2D eigenvalue weighted by Crippen LogP contribution is -2.30. The molecule has 8 heteroatoms. The van der Waals surface area contributed by atoms with Gasteiger partial charge in [-0.2, -0.15) is 8.78 Å². The third-order valence-electron chi connectivity index (χ3n) is 1.11. The van der Waals surface area contributed by atoms with Gasteiger partial charge in [0.1, 0.15) is 0 Å². The summed E-state index contributed by atoms with van der Waals surface area (Å²) in [6, 6.07) is 0. The largest absolute Gasteiger partial charge is 0.481 e. The molecule has 0 aromatic carbocycles. The molecule has 0 saturated heterocycles. The summed E-state index contributed by atoms with van der Waals surface area (Å²) in [5.74, 6) is -4.58. The highest BCUT2D eigenvalue weighted by molar-refractivity contribution is 7.89. The predicted octanol–water partition coefficient (Wildman–Crippen LogP) is -0.00680. The summed E-state index contributed by atoms with van der Waals surface area (Å²) in [6.07, 6.45) is -0.271. The summed E-state index contributed by atoms with van der Waals surface area (Å²) in [7, 11) is -4.57. The van der Waals surface area contributed by atoms with Crippen LogP contribution in [0.25, 0.3) is 0 Å². The van der Waals surface area contributed by atoms with Crippen LogP contribution in [0.1, 0.15) is 12.8 Å². The van der Waals surface area contributed by atoms with Crippen molar-refractivity contribution in [2.45, 2.75) is 18.6 Å². The molecule has 0 aromatic heterocycles. The number of hydrogen-bond acceptors (Lipinski definition) is 3. The number of rotatable bonds is 6. The van der Waals surface area contributed by atoms with Crippen molar-refractivity contribution < 1.29 is 27.1 Å². The molecule has 0 aliphatic heterocycles. The minimum absolute atomic E-state index is 0.0126.